The van der Waals surface area contributed by atoms with Crippen LogP contribution in [0.2, 0.25) is 0 Å². The second-order valence-corrected chi connectivity index (χ2v) is 10.8. The number of hydrogen-bond donors (Lipinski definition) is 3. The summed E-state index contributed by atoms with van der Waals surface area (Å²) in [5, 5.41) is 13.2. The molecule has 0 unspecified atom stereocenters. The molecule has 6 nitrogen and oxygen atoms in total. The normalized spacial score (nSPS) is 20.8. The molecule has 0 saturated heterocycles. The van der Waals surface area contributed by atoms with Gasteiger partial charge in [-0.15, -0.1) is 0 Å². The summed E-state index contributed by atoms with van der Waals surface area (Å²) in [5.41, 5.74) is 5.27. The van der Waals surface area contributed by atoms with E-state index < -0.39 is 16.0 Å². The summed E-state index contributed by atoms with van der Waals surface area (Å²) in [4.78, 5) is 12.0. The van der Waals surface area contributed by atoms with Gasteiger partial charge in [0.2, 0.25) is 0 Å². The first-order valence-corrected chi connectivity index (χ1v) is 12.7. The third-order valence-electron chi connectivity index (χ3n) is 6.64. The first-order chi connectivity index (χ1) is 16.2. The van der Waals surface area contributed by atoms with Crippen molar-refractivity contribution < 1.29 is 18.3 Å². The lowest BCUT2D eigenvalue weighted by atomic mass is 9.76. The Morgan fingerprint density at radius 2 is 1.74 bits per heavy atom. The number of benzene rings is 3. The molecule has 3 aromatic rings. The molecule has 3 aromatic carbocycles. The van der Waals surface area contributed by atoms with Gasteiger partial charge in [0.25, 0.3) is 10.0 Å². The predicted octanol–water partition coefficient (Wildman–Crippen LogP) is 5.63. The van der Waals surface area contributed by atoms with E-state index in [0.717, 1.165) is 34.4 Å². The molecule has 3 N–H and O–H groups in total. The lowest BCUT2D eigenvalue weighted by Gasteiger charge is -2.38. The van der Waals surface area contributed by atoms with Crippen molar-refractivity contribution in [3.05, 3.63) is 101 Å². The van der Waals surface area contributed by atoms with Gasteiger partial charge in [0.15, 0.2) is 0 Å². The van der Waals surface area contributed by atoms with Crippen LogP contribution in [0.4, 0.5) is 11.4 Å². The zero-order valence-corrected chi connectivity index (χ0v) is 19.8. The van der Waals surface area contributed by atoms with Gasteiger partial charge in [-0.1, -0.05) is 36.4 Å². The van der Waals surface area contributed by atoms with E-state index >= 15 is 0 Å². The van der Waals surface area contributed by atoms with Crippen LogP contribution in [0.3, 0.4) is 0 Å². The van der Waals surface area contributed by atoms with Gasteiger partial charge < -0.3 is 10.4 Å². The summed E-state index contributed by atoms with van der Waals surface area (Å²) in [6.45, 7) is 3.86. The van der Waals surface area contributed by atoms with Gasteiger partial charge in [0, 0.05) is 17.3 Å². The quantitative estimate of drug-likeness (QED) is 0.417. The third kappa shape index (κ3) is 3.96. The van der Waals surface area contributed by atoms with Gasteiger partial charge in [-0.25, -0.2) is 13.2 Å². The summed E-state index contributed by atoms with van der Waals surface area (Å²) >= 11 is 0. The zero-order valence-electron chi connectivity index (χ0n) is 18.9. The highest BCUT2D eigenvalue weighted by Gasteiger charge is 2.39. The zero-order chi connectivity index (χ0) is 24.0. The Labute approximate surface area is 199 Å². The maximum absolute atomic E-state index is 13.2. The molecule has 174 valence electrons. The molecule has 3 atom stereocenters. The number of carboxylic acid groups (broad SMARTS) is 1. The monoisotopic (exact) mass is 474 g/mol. The molecule has 5 rings (SSSR count). The minimum Gasteiger partial charge on any atom is -0.478 e. The smallest absolute Gasteiger partial charge is 0.336 e. The van der Waals surface area contributed by atoms with Gasteiger partial charge >= 0.3 is 5.97 Å². The Morgan fingerprint density at radius 1 is 1.00 bits per heavy atom. The predicted molar refractivity (Wildman–Crippen MR) is 133 cm³/mol. The molecular formula is C27H26N2O4S. The molecule has 0 radical (unpaired) electrons. The Balaban J connectivity index is 1.51. The van der Waals surface area contributed by atoms with Gasteiger partial charge in [-0.05, 0) is 84.8 Å². The van der Waals surface area contributed by atoms with Crippen molar-refractivity contribution in [3.63, 3.8) is 0 Å². The van der Waals surface area contributed by atoms with Crippen LogP contribution in [-0.2, 0) is 10.0 Å². The average Bonchev–Trinajstić information content (AvgIpc) is 3.27. The maximum Gasteiger partial charge on any atom is 0.336 e. The largest absolute Gasteiger partial charge is 0.478 e. The third-order valence-corrected chi connectivity index (χ3v) is 8.02. The number of rotatable bonds is 5. The van der Waals surface area contributed by atoms with E-state index in [1.54, 1.807) is 30.3 Å². The molecule has 0 amide bonds. The van der Waals surface area contributed by atoms with Crippen LogP contribution >= 0.6 is 0 Å². The van der Waals surface area contributed by atoms with Crippen molar-refractivity contribution in [1.29, 1.82) is 0 Å². The molecule has 1 aliphatic heterocycles. The second kappa shape index (κ2) is 8.33. The number of carboxylic acids is 1. The lowest BCUT2D eigenvalue weighted by Crippen LogP contribution is -2.30. The van der Waals surface area contributed by atoms with Gasteiger partial charge in [-0.3, -0.25) is 4.72 Å². The van der Waals surface area contributed by atoms with Crippen LogP contribution in [-0.4, -0.2) is 19.5 Å². The molecule has 0 bridgehead atoms. The number of aromatic carboxylic acids is 1. The van der Waals surface area contributed by atoms with E-state index in [1.807, 2.05) is 44.2 Å². The van der Waals surface area contributed by atoms with Crippen LogP contribution in [0.1, 0.15) is 51.0 Å². The van der Waals surface area contributed by atoms with E-state index in [2.05, 4.69) is 22.2 Å². The summed E-state index contributed by atoms with van der Waals surface area (Å²) in [6.07, 6.45) is 4.99. The Hall–Kier alpha value is -3.58. The summed E-state index contributed by atoms with van der Waals surface area (Å²) in [6, 6.07) is 17.6. The van der Waals surface area contributed by atoms with Crippen LogP contribution < -0.4 is 10.0 Å². The molecular weight excluding hydrogens is 448 g/mol. The molecule has 0 spiro atoms. The number of carbonyl (C=O) groups is 1. The number of nitrogens with one attached hydrogen (secondary N) is 2. The first kappa shape index (κ1) is 22.2. The minimum absolute atomic E-state index is 0.000495. The highest BCUT2D eigenvalue weighted by atomic mass is 32.2. The summed E-state index contributed by atoms with van der Waals surface area (Å²) in [5.74, 6) is -0.859. The molecule has 7 heteroatoms. The van der Waals surface area contributed by atoms with Crippen molar-refractivity contribution in [1.82, 2.24) is 0 Å². The fourth-order valence-corrected chi connectivity index (χ4v) is 6.33. The number of allylic oxidation sites excluding steroid dienone is 2. The summed E-state index contributed by atoms with van der Waals surface area (Å²) in [7, 11) is -3.77. The van der Waals surface area contributed by atoms with Crippen molar-refractivity contribution in [3.8, 4) is 0 Å². The molecule has 1 heterocycles. The molecule has 0 fully saturated rings. The minimum atomic E-state index is -3.77. The van der Waals surface area contributed by atoms with Gasteiger partial charge in [-0.2, -0.15) is 0 Å². The van der Waals surface area contributed by atoms with Crippen LogP contribution in [0.25, 0.3) is 0 Å². The van der Waals surface area contributed by atoms with E-state index in [9.17, 15) is 18.3 Å². The molecule has 0 aromatic heterocycles. The molecule has 1 aliphatic carbocycles. The fourth-order valence-electron chi connectivity index (χ4n) is 5.26. The standard InChI is InChI=1S/C27H26N2O4S/c1-16-12-17(2)14-18(13-16)29-34(32,33)19-10-11-25-24(15-19)20-8-5-9-21(20)26(28-25)22-6-3-4-7-23(22)27(30)31/h3-8,10-15,20-21,26,28-29H,9H2,1-2H3,(H,30,31)/t20-,21+,26-/m0/s1. The topological polar surface area (TPSA) is 95.5 Å². The number of aryl methyl sites for hydroxylation is 2. The van der Waals surface area contributed by atoms with Gasteiger partial charge in [0.05, 0.1) is 16.5 Å². The first-order valence-electron chi connectivity index (χ1n) is 11.2. The molecule has 34 heavy (non-hydrogen) atoms. The lowest BCUT2D eigenvalue weighted by molar-refractivity contribution is 0.0694. The number of fused-ring (bicyclic) bond motifs is 3. The van der Waals surface area contributed by atoms with Crippen LogP contribution in [0.15, 0.2) is 77.7 Å². The number of sulfonamides is 1. The Bertz CT molecular complexity index is 1410. The van der Waals surface area contributed by atoms with Crippen molar-refractivity contribution in [2.75, 3.05) is 10.0 Å². The average molecular weight is 475 g/mol. The Morgan fingerprint density at radius 3 is 2.47 bits per heavy atom. The number of hydrogen-bond acceptors (Lipinski definition) is 4. The van der Waals surface area contributed by atoms with Crippen LogP contribution in [0.5, 0.6) is 0 Å². The highest BCUT2D eigenvalue weighted by molar-refractivity contribution is 7.92. The van der Waals surface area contributed by atoms with Crippen molar-refractivity contribution in [2.45, 2.75) is 37.1 Å². The summed E-state index contributed by atoms with van der Waals surface area (Å²) < 4.78 is 29.1. The van der Waals surface area contributed by atoms with Crippen molar-refractivity contribution in [2.24, 2.45) is 5.92 Å². The second-order valence-electron chi connectivity index (χ2n) is 9.10. The van der Waals surface area contributed by atoms with Crippen molar-refractivity contribution >= 4 is 27.4 Å². The SMILES string of the molecule is Cc1cc(C)cc(NS(=O)(=O)c2ccc3c(c2)[C@H]2C=CC[C@H]2[C@@H](c2ccccc2C(=O)O)N3)c1. The van der Waals surface area contributed by atoms with Crippen LogP contribution in [0, 0.1) is 19.8 Å². The molecule has 2 aliphatic rings. The number of anilines is 2. The van der Waals surface area contributed by atoms with E-state index in [0.29, 0.717) is 5.69 Å². The highest BCUT2D eigenvalue weighted by Crippen LogP contribution is 2.50. The Kier molecular flexibility index (Phi) is 5.44. The van der Waals surface area contributed by atoms with E-state index in [1.165, 1.54) is 0 Å². The van der Waals surface area contributed by atoms with E-state index in [-0.39, 0.29) is 28.3 Å². The van der Waals surface area contributed by atoms with Gasteiger partial charge in [0.1, 0.15) is 0 Å². The van der Waals surface area contributed by atoms with E-state index in [4.69, 9.17) is 0 Å². The fraction of sp³-hybridized carbons (Fsp3) is 0.222. The molecule has 0 saturated carbocycles. The maximum atomic E-state index is 13.2.